The van der Waals surface area contributed by atoms with E-state index in [-0.39, 0.29) is 24.7 Å². The molecule has 0 aromatic carbocycles. The molecule has 6 nitrogen and oxygen atoms in total. The smallest absolute Gasteiger partial charge is 0.391 e. The van der Waals surface area contributed by atoms with Crippen LogP contribution >= 0.6 is 0 Å². The van der Waals surface area contributed by atoms with Gasteiger partial charge in [-0.05, 0) is 51.4 Å². The van der Waals surface area contributed by atoms with Crippen LogP contribution in [0.5, 0.6) is 0 Å². The molecule has 0 radical (unpaired) electrons. The van der Waals surface area contributed by atoms with Crippen molar-refractivity contribution in [1.29, 1.82) is 0 Å². The molecular weight excluding hydrogens is 421 g/mol. The molecule has 1 unspecified atom stereocenters. The highest BCUT2D eigenvalue weighted by Crippen LogP contribution is 2.43. The van der Waals surface area contributed by atoms with E-state index in [0.29, 0.717) is 31.5 Å². The van der Waals surface area contributed by atoms with Crippen molar-refractivity contribution >= 4 is 17.4 Å². The van der Waals surface area contributed by atoms with Gasteiger partial charge in [0, 0.05) is 36.3 Å². The lowest BCUT2D eigenvalue weighted by Crippen LogP contribution is -2.40. The van der Waals surface area contributed by atoms with Crippen LogP contribution in [0.2, 0.25) is 0 Å². The number of aryl methyl sites for hydroxylation is 1. The van der Waals surface area contributed by atoms with E-state index in [1.54, 1.807) is 4.52 Å². The van der Waals surface area contributed by atoms with Crippen LogP contribution in [0.15, 0.2) is 6.07 Å². The number of fused-ring (bicyclic) bond motifs is 1. The van der Waals surface area contributed by atoms with E-state index in [1.807, 2.05) is 13.0 Å². The van der Waals surface area contributed by atoms with E-state index in [2.05, 4.69) is 18.7 Å². The van der Waals surface area contributed by atoms with Crippen LogP contribution in [-0.4, -0.2) is 44.9 Å². The van der Waals surface area contributed by atoms with Crippen molar-refractivity contribution in [3.05, 3.63) is 23.0 Å². The number of anilines is 1. The summed E-state index contributed by atoms with van der Waals surface area (Å²) in [7, 11) is 0. The van der Waals surface area contributed by atoms with Gasteiger partial charge < -0.3 is 10.0 Å². The molecule has 2 aliphatic rings. The van der Waals surface area contributed by atoms with Gasteiger partial charge in [0.25, 0.3) is 0 Å². The van der Waals surface area contributed by atoms with Crippen molar-refractivity contribution in [3.8, 4) is 0 Å². The van der Waals surface area contributed by atoms with Gasteiger partial charge in [0.1, 0.15) is 5.82 Å². The molecule has 1 saturated heterocycles. The Kier molecular flexibility index (Phi) is 6.11. The van der Waals surface area contributed by atoms with Crippen molar-refractivity contribution in [1.82, 2.24) is 14.6 Å². The number of aliphatic carboxylic acids is 1. The van der Waals surface area contributed by atoms with E-state index >= 15 is 0 Å². The first-order valence-electron chi connectivity index (χ1n) is 11.5. The number of carbonyl (C=O) groups is 1. The summed E-state index contributed by atoms with van der Waals surface area (Å²) in [6.07, 6.45) is -1.50. The SMILES string of the molecule is Cc1nc2cc(C3CCC(C(F)(F)F)CC3)nn2c(N2CCCC(C(=O)O)C2)c1C(C)C. The molecule has 2 aromatic heterocycles. The van der Waals surface area contributed by atoms with Crippen molar-refractivity contribution in [2.75, 3.05) is 18.0 Å². The van der Waals surface area contributed by atoms with Gasteiger partial charge in [0.05, 0.1) is 17.5 Å². The lowest BCUT2D eigenvalue weighted by Gasteiger charge is -2.34. The van der Waals surface area contributed by atoms with Crippen LogP contribution in [0.4, 0.5) is 19.0 Å². The largest absolute Gasteiger partial charge is 0.481 e. The van der Waals surface area contributed by atoms with Gasteiger partial charge in [-0.3, -0.25) is 4.79 Å². The molecule has 9 heteroatoms. The number of carboxylic acids is 1. The zero-order chi connectivity index (χ0) is 23.2. The molecule has 0 spiro atoms. The van der Waals surface area contributed by atoms with Crippen LogP contribution < -0.4 is 4.90 Å². The second-order valence-corrected chi connectivity index (χ2v) is 9.64. The second-order valence-electron chi connectivity index (χ2n) is 9.64. The summed E-state index contributed by atoms with van der Waals surface area (Å²) in [5.74, 6) is -1.41. The number of aromatic nitrogens is 3. The first kappa shape index (κ1) is 22.9. The number of rotatable bonds is 4. The average molecular weight is 453 g/mol. The van der Waals surface area contributed by atoms with Crippen LogP contribution in [0, 0.1) is 18.8 Å². The third kappa shape index (κ3) is 4.30. The van der Waals surface area contributed by atoms with Crippen LogP contribution in [0.3, 0.4) is 0 Å². The third-order valence-electron chi connectivity index (χ3n) is 7.08. The number of carboxylic acid groups (broad SMARTS) is 1. The summed E-state index contributed by atoms with van der Waals surface area (Å²) < 4.78 is 41.0. The molecule has 4 rings (SSSR count). The Balaban J connectivity index is 1.71. The summed E-state index contributed by atoms with van der Waals surface area (Å²) in [4.78, 5) is 18.5. The zero-order valence-electron chi connectivity index (χ0n) is 18.8. The van der Waals surface area contributed by atoms with Crippen LogP contribution in [0.25, 0.3) is 5.65 Å². The summed E-state index contributed by atoms with van der Waals surface area (Å²) in [5, 5.41) is 14.4. The van der Waals surface area contributed by atoms with E-state index < -0.39 is 24.0 Å². The number of hydrogen-bond acceptors (Lipinski definition) is 4. The monoisotopic (exact) mass is 452 g/mol. The molecule has 2 aromatic rings. The van der Waals surface area contributed by atoms with Gasteiger partial charge in [0.15, 0.2) is 5.65 Å². The molecule has 1 N–H and O–H groups in total. The third-order valence-corrected chi connectivity index (χ3v) is 7.08. The predicted octanol–water partition coefficient (Wildman–Crippen LogP) is 5.30. The predicted molar refractivity (Wildman–Crippen MR) is 115 cm³/mol. The number of hydrogen-bond donors (Lipinski definition) is 1. The van der Waals surface area contributed by atoms with Crippen LogP contribution in [-0.2, 0) is 4.79 Å². The van der Waals surface area contributed by atoms with Gasteiger partial charge >= 0.3 is 12.1 Å². The number of alkyl halides is 3. The summed E-state index contributed by atoms with van der Waals surface area (Å²) in [5.41, 5.74) is 3.38. The summed E-state index contributed by atoms with van der Waals surface area (Å²) >= 11 is 0. The quantitative estimate of drug-likeness (QED) is 0.682. The maximum atomic E-state index is 13.1. The van der Waals surface area contributed by atoms with Crippen molar-refractivity contribution in [3.63, 3.8) is 0 Å². The Morgan fingerprint density at radius 3 is 2.47 bits per heavy atom. The van der Waals surface area contributed by atoms with E-state index in [9.17, 15) is 23.1 Å². The highest BCUT2D eigenvalue weighted by Gasteiger charge is 2.42. The molecule has 2 fully saturated rings. The summed E-state index contributed by atoms with van der Waals surface area (Å²) in [6, 6.07) is 1.90. The normalized spacial score (nSPS) is 25.0. The van der Waals surface area contributed by atoms with Crippen molar-refractivity contribution in [2.45, 2.75) is 77.3 Å². The number of piperidine rings is 1. The number of nitrogens with zero attached hydrogens (tertiary/aromatic N) is 4. The maximum Gasteiger partial charge on any atom is 0.391 e. The van der Waals surface area contributed by atoms with E-state index in [4.69, 9.17) is 10.1 Å². The molecule has 1 atom stereocenters. The van der Waals surface area contributed by atoms with Gasteiger partial charge in [-0.25, -0.2) is 4.98 Å². The Morgan fingerprint density at radius 1 is 1.19 bits per heavy atom. The van der Waals surface area contributed by atoms with Crippen molar-refractivity contribution < 1.29 is 23.1 Å². The minimum absolute atomic E-state index is 0.0147. The maximum absolute atomic E-state index is 13.1. The van der Waals surface area contributed by atoms with Crippen LogP contribution in [0.1, 0.15) is 81.2 Å². The Hall–Kier alpha value is -2.32. The first-order valence-corrected chi connectivity index (χ1v) is 11.5. The molecule has 1 aliphatic heterocycles. The Bertz CT molecular complexity index is 993. The van der Waals surface area contributed by atoms with E-state index in [1.165, 1.54) is 0 Å². The molecule has 176 valence electrons. The van der Waals surface area contributed by atoms with Crippen molar-refractivity contribution in [2.24, 2.45) is 11.8 Å². The second kappa shape index (κ2) is 8.56. The summed E-state index contributed by atoms with van der Waals surface area (Å²) in [6.45, 7) is 7.29. The van der Waals surface area contributed by atoms with Gasteiger partial charge in [-0.15, -0.1) is 0 Å². The molecular formula is C23H31F3N4O2. The standard InChI is InChI=1S/C23H31F3N4O2/c1-13(2)20-14(3)27-19-11-18(15-6-8-17(9-7-15)23(24,25)26)28-30(19)21(20)29-10-4-5-16(12-29)22(31)32/h11,13,15-17H,4-10,12H2,1-3H3,(H,31,32). The fourth-order valence-corrected chi connectivity index (χ4v) is 5.40. The fourth-order valence-electron chi connectivity index (χ4n) is 5.40. The Morgan fingerprint density at radius 2 is 1.88 bits per heavy atom. The molecule has 1 saturated carbocycles. The van der Waals surface area contributed by atoms with Gasteiger partial charge in [0.2, 0.25) is 0 Å². The average Bonchev–Trinajstić information content (AvgIpc) is 3.15. The fraction of sp³-hybridized carbons (Fsp3) is 0.696. The minimum Gasteiger partial charge on any atom is -0.481 e. The molecule has 0 amide bonds. The lowest BCUT2D eigenvalue weighted by atomic mass is 9.80. The highest BCUT2D eigenvalue weighted by molar-refractivity contribution is 5.71. The molecule has 3 heterocycles. The molecule has 0 bridgehead atoms. The highest BCUT2D eigenvalue weighted by atomic mass is 19.4. The molecule has 32 heavy (non-hydrogen) atoms. The first-order chi connectivity index (χ1) is 15.1. The van der Waals surface area contributed by atoms with Gasteiger partial charge in [-0.2, -0.15) is 22.8 Å². The van der Waals surface area contributed by atoms with Gasteiger partial charge in [-0.1, -0.05) is 13.8 Å². The minimum atomic E-state index is -4.13. The topological polar surface area (TPSA) is 70.7 Å². The number of halogens is 3. The zero-order valence-corrected chi connectivity index (χ0v) is 18.8. The lowest BCUT2D eigenvalue weighted by molar-refractivity contribution is -0.182. The Labute approximate surface area is 185 Å². The molecule has 1 aliphatic carbocycles. The van der Waals surface area contributed by atoms with E-state index in [0.717, 1.165) is 35.7 Å².